The molecule has 2 aromatic rings. The fourth-order valence-electron chi connectivity index (χ4n) is 8.34. The van der Waals surface area contributed by atoms with E-state index in [-0.39, 0.29) is 31.2 Å². The molecule has 322 valence electrons. The standard InChI is InChI=1S/C41H52F3N5O9S/c1-23-11-6-7-12-25-21-40(25,36(52)48-59(54,55)39(5)16-17-39)47-32(50)30-20-26(57-34-29-14-9-8-13-27(29)28-15-10-18-56-33(28)46-34)22-49(30)35(51)31(24(2)19-23)45-37(53)58-38(3,4)41(42,43)44/h7-9,12-14,23-26,30-31H,6,10-11,15-22H2,1-5H3,(H,45,53)(H,47,50)(H,48,52)/b12-7-/t23-,24-,25-,26-,30+,31+,40-/m1/s1. The van der Waals surface area contributed by atoms with E-state index >= 15 is 0 Å². The van der Waals surface area contributed by atoms with Crippen molar-refractivity contribution in [1.29, 1.82) is 0 Å². The van der Waals surface area contributed by atoms with Crippen molar-refractivity contribution in [2.45, 2.75) is 133 Å². The molecule has 3 aliphatic heterocycles. The van der Waals surface area contributed by atoms with Gasteiger partial charge in [0.15, 0.2) is 0 Å². The van der Waals surface area contributed by atoms with Gasteiger partial charge < -0.3 is 29.7 Å². The Kier molecular flexibility index (Phi) is 11.1. The van der Waals surface area contributed by atoms with Crippen molar-refractivity contribution >= 4 is 44.6 Å². The zero-order valence-corrected chi connectivity index (χ0v) is 34.6. The fourth-order valence-corrected chi connectivity index (χ4v) is 9.65. The van der Waals surface area contributed by atoms with Crippen LogP contribution in [-0.2, 0) is 35.6 Å². The van der Waals surface area contributed by atoms with E-state index in [4.69, 9.17) is 19.2 Å². The van der Waals surface area contributed by atoms with Crippen LogP contribution < -0.4 is 24.8 Å². The first kappa shape index (κ1) is 42.5. The number of aromatic nitrogens is 1. The summed E-state index contributed by atoms with van der Waals surface area (Å²) < 4.78 is 86.1. The SMILES string of the molecule is C[C@@H]1CC/C=C\[C@@H]2C[C@@]2(C(=O)NS(=O)(=O)C2(C)CC2)NC(=O)[C@@H]2C[C@@H](Oc3nc4c(c5ccccc35)CCCO4)CN2C(=O)[C@@H](NC(=O)OC(C)(C)C(F)(F)F)[C@H](C)C1. The quantitative estimate of drug-likeness (QED) is 0.312. The number of alkyl halides is 3. The van der Waals surface area contributed by atoms with Crippen LogP contribution in [0.1, 0.15) is 91.5 Å². The van der Waals surface area contributed by atoms with Crippen LogP contribution in [0.3, 0.4) is 0 Å². The molecule has 7 rings (SSSR count). The Morgan fingerprint density at radius 3 is 2.49 bits per heavy atom. The zero-order valence-electron chi connectivity index (χ0n) is 33.8. The number of carbonyl (C=O) groups is 4. The number of rotatable bonds is 7. The van der Waals surface area contributed by atoms with Crippen molar-refractivity contribution in [2.75, 3.05) is 13.2 Å². The van der Waals surface area contributed by atoms with Crippen molar-refractivity contribution in [1.82, 2.24) is 25.2 Å². The summed E-state index contributed by atoms with van der Waals surface area (Å²) in [4.78, 5) is 62.4. The summed E-state index contributed by atoms with van der Waals surface area (Å²) in [5, 5.41) is 6.77. The first-order chi connectivity index (χ1) is 27.6. The molecule has 1 saturated heterocycles. The third kappa shape index (κ3) is 8.42. The number of ether oxygens (including phenoxy) is 3. The highest BCUT2D eigenvalue weighted by Crippen LogP contribution is 2.48. The van der Waals surface area contributed by atoms with Crippen LogP contribution >= 0.6 is 0 Å². The molecule has 1 aromatic carbocycles. The number of fused-ring (bicyclic) bond motifs is 5. The average molecular weight is 848 g/mol. The summed E-state index contributed by atoms with van der Waals surface area (Å²) in [6, 6.07) is 4.73. The number of aryl methyl sites for hydroxylation is 1. The number of nitrogens with one attached hydrogen (secondary N) is 3. The lowest BCUT2D eigenvalue weighted by Crippen LogP contribution is -2.59. The number of sulfonamides is 1. The van der Waals surface area contributed by atoms with Gasteiger partial charge in [0.25, 0.3) is 5.91 Å². The number of halogens is 3. The van der Waals surface area contributed by atoms with E-state index in [2.05, 4.69) is 15.4 Å². The Hall–Kier alpha value is -4.61. The van der Waals surface area contributed by atoms with Crippen LogP contribution in [0.4, 0.5) is 18.0 Å². The normalized spacial score (nSPS) is 30.2. The molecule has 0 spiro atoms. The van der Waals surface area contributed by atoms with Gasteiger partial charge in [-0.1, -0.05) is 44.2 Å². The number of alkyl carbamates (subject to hydrolysis) is 1. The predicted octanol–water partition coefficient (Wildman–Crippen LogP) is 5.23. The maximum Gasteiger partial charge on any atom is 0.427 e. The molecule has 3 fully saturated rings. The lowest BCUT2D eigenvalue weighted by Gasteiger charge is -2.34. The Morgan fingerprint density at radius 2 is 1.80 bits per heavy atom. The topological polar surface area (TPSA) is 182 Å². The van der Waals surface area contributed by atoms with Crippen molar-refractivity contribution in [3.63, 3.8) is 0 Å². The van der Waals surface area contributed by atoms with Crippen molar-refractivity contribution in [3.8, 4) is 11.8 Å². The zero-order chi connectivity index (χ0) is 42.7. The van der Waals surface area contributed by atoms with Crippen LogP contribution in [-0.4, -0.2) is 95.5 Å². The summed E-state index contributed by atoms with van der Waals surface area (Å²) >= 11 is 0. The number of nitrogens with zero attached hydrogens (tertiary/aromatic N) is 2. The summed E-state index contributed by atoms with van der Waals surface area (Å²) in [5.74, 6) is -3.03. The van der Waals surface area contributed by atoms with Crippen molar-refractivity contribution < 1.29 is 55.0 Å². The molecule has 0 bridgehead atoms. The smallest absolute Gasteiger partial charge is 0.427 e. The minimum Gasteiger partial charge on any atom is -0.477 e. The van der Waals surface area contributed by atoms with Crippen molar-refractivity contribution in [2.24, 2.45) is 17.8 Å². The van der Waals surface area contributed by atoms with Crippen LogP contribution in [0.25, 0.3) is 10.8 Å². The molecule has 1 aromatic heterocycles. The third-order valence-corrected chi connectivity index (χ3v) is 14.7. The van der Waals surface area contributed by atoms with Gasteiger partial charge in [0.2, 0.25) is 39.2 Å². The molecule has 0 unspecified atom stereocenters. The van der Waals surface area contributed by atoms with Gasteiger partial charge >= 0.3 is 12.3 Å². The highest BCUT2D eigenvalue weighted by atomic mass is 32.2. The summed E-state index contributed by atoms with van der Waals surface area (Å²) in [5.41, 5.74) is -3.59. The molecule has 2 aliphatic carbocycles. The van der Waals surface area contributed by atoms with E-state index in [0.717, 1.165) is 23.8 Å². The van der Waals surface area contributed by atoms with E-state index < -0.39 is 85.9 Å². The van der Waals surface area contributed by atoms with Gasteiger partial charge in [0, 0.05) is 23.3 Å². The molecule has 59 heavy (non-hydrogen) atoms. The molecule has 14 nitrogen and oxygen atoms in total. The largest absolute Gasteiger partial charge is 0.477 e. The maximum absolute atomic E-state index is 14.8. The number of hydrogen-bond acceptors (Lipinski definition) is 10. The average Bonchev–Trinajstić information content (AvgIpc) is 4.04. The molecule has 4 heterocycles. The summed E-state index contributed by atoms with van der Waals surface area (Å²) in [6.45, 7) is 6.84. The van der Waals surface area contributed by atoms with Crippen molar-refractivity contribution in [3.05, 3.63) is 42.0 Å². The fraction of sp³-hybridized carbons (Fsp3) is 0.634. The molecule has 3 N–H and O–H groups in total. The molecule has 5 aliphatic rings. The lowest BCUT2D eigenvalue weighted by atomic mass is 9.88. The van der Waals surface area contributed by atoms with Gasteiger partial charge in [-0.3, -0.25) is 19.1 Å². The number of benzene rings is 1. The molecule has 18 heteroatoms. The Bertz CT molecular complexity index is 2160. The summed E-state index contributed by atoms with van der Waals surface area (Å²) in [7, 11) is -4.08. The number of pyridine rings is 1. The molecule has 4 amide bonds. The van der Waals surface area contributed by atoms with Crippen LogP contribution in [0.15, 0.2) is 36.4 Å². The van der Waals surface area contributed by atoms with Gasteiger partial charge in [-0.2, -0.15) is 18.2 Å². The first-order valence-corrected chi connectivity index (χ1v) is 21.8. The van der Waals surface area contributed by atoms with Gasteiger partial charge in [-0.25, -0.2) is 13.2 Å². The predicted molar refractivity (Wildman–Crippen MR) is 209 cm³/mol. The molecule has 7 atom stereocenters. The summed E-state index contributed by atoms with van der Waals surface area (Å²) in [6.07, 6.45) is 0.267. The first-order valence-electron chi connectivity index (χ1n) is 20.3. The van der Waals surface area contributed by atoms with E-state index in [9.17, 15) is 40.8 Å². The minimum absolute atomic E-state index is 0.0352. The van der Waals surface area contributed by atoms with Crippen LogP contribution in [0.5, 0.6) is 11.8 Å². The maximum atomic E-state index is 14.8. The van der Waals surface area contributed by atoms with Gasteiger partial charge in [-0.15, -0.1) is 0 Å². The molecular weight excluding hydrogens is 796 g/mol. The van der Waals surface area contributed by atoms with Crippen LogP contribution in [0.2, 0.25) is 0 Å². The Morgan fingerprint density at radius 1 is 1.08 bits per heavy atom. The highest BCUT2D eigenvalue weighted by Gasteiger charge is 2.63. The molecule has 2 saturated carbocycles. The Balaban J connectivity index is 1.24. The second-order valence-electron chi connectivity index (χ2n) is 17.7. The second-order valence-corrected chi connectivity index (χ2v) is 19.9. The van der Waals surface area contributed by atoms with E-state index in [1.807, 2.05) is 37.3 Å². The van der Waals surface area contributed by atoms with Gasteiger partial charge in [0.05, 0.1) is 17.9 Å². The molecular formula is C41H52F3N5O9S. The van der Waals surface area contributed by atoms with E-state index in [1.165, 1.54) is 4.90 Å². The van der Waals surface area contributed by atoms with Crippen LogP contribution in [0, 0.1) is 17.8 Å². The number of allylic oxidation sites excluding steroid dienone is 1. The third-order valence-electron chi connectivity index (χ3n) is 12.6. The highest BCUT2D eigenvalue weighted by molar-refractivity contribution is 7.91. The lowest BCUT2D eigenvalue weighted by molar-refractivity contribution is -0.244. The molecule has 0 radical (unpaired) electrons. The number of hydrogen-bond donors (Lipinski definition) is 3. The Labute approximate surface area is 341 Å². The van der Waals surface area contributed by atoms with Gasteiger partial charge in [0.1, 0.15) is 23.7 Å². The minimum atomic E-state index is -4.91. The number of amides is 4. The second kappa shape index (κ2) is 15.4. The van der Waals surface area contributed by atoms with Gasteiger partial charge in [-0.05, 0) is 95.4 Å². The number of carbonyl (C=O) groups excluding carboxylic acids is 4. The van der Waals surface area contributed by atoms with E-state index in [1.54, 1.807) is 19.9 Å². The monoisotopic (exact) mass is 847 g/mol. The van der Waals surface area contributed by atoms with E-state index in [0.29, 0.717) is 63.8 Å².